The minimum atomic E-state index is 0.0593. The third-order valence-corrected chi connectivity index (χ3v) is 5.57. The number of nitrogens with one attached hydrogen (secondary N) is 1. The summed E-state index contributed by atoms with van der Waals surface area (Å²) in [6.07, 6.45) is 3.33. The van der Waals surface area contributed by atoms with Crippen LogP contribution in [-0.4, -0.2) is 32.4 Å². The van der Waals surface area contributed by atoms with Gasteiger partial charge >= 0.3 is 0 Å². The number of amidine groups is 1. The molecule has 1 aliphatic heterocycles. The molecule has 3 rings (SSSR count). The molecule has 0 aromatic heterocycles. The van der Waals surface area contributed by atoms with Crippen molar-refractivity contribution in [3.63, 3.8) is 0 Å². The third-order valence-electron chi connectivity index (χ3n) is 4.84. The summed E-state index contributed by atoms with van der Waals surface area (Å²) in [5.74, 6) is 2.22. The van der Waals surface area contributed by atoms with Crippen LogP contribution in [0, 0.1) is 0 Å². The number of ether oxygens (including phenoxy) is 2. The maximum atomic E-state index is 12.5. The van der Waals surface area contributed by atoms with E-state index in [-0.39, 0.29) is 18.4 Å². The van der Waals surface area contributed by atoms with Crippen molar-refractivity contribution < 1.29 is 14.3 Å². The molecule has 1 saturated heterocycles. The quantitative estimate of drug-likeness (QED) is 0.682. The largest absolute Gasteiger partial charge is 0.493 e. The highest BCUT2D eigenvalue weighted by atomic mass is 79.9. The third kappa shape index (κ3) is 5.13. The molecule has 28 heavy (non-hydrogen) atoms. The SMILES string of the molecule is COc1cc(Br)c(CC(=O)CN=C2CCCC(c3ccccc3)N2)cc1OC. The monoisotopic (exact) mass is 444 g/mol. The van der Waals surface area contributed by atoms with Crippen molar-refractivity contribution in [2.45, 2.75) is 31.7 Å². The summed E-state index contributed by atoms with van der Waals surface area (Å²) >= 11 is 3.51. The number of ketones is 1. The van der Waals surface area contributed by atoms with Crippen LogP contribution in [0.4, 0.5) is 0 Å². The van der Waals surface area contributed by atoms with Gasteiger partial charge in [0.05, 0.1) is 32.6 Å². The molecule has 1 N–H and O–H groups in total. The van der Waals surface area contributed by atoms with Gasteiger partial charge in [-0.3, -0.25) is 9.79 Å². The van der Waals surface area contributed by atoms with Crippen molar-refractivity contribution in [1.29, 1.82) is 0 Å². The Hall–Kier alpha value is -2.34. The highest BCUT2D eigenvalue weighted by Gasteiger charge is 2.19. The van der Waals surface area contributed by atoms with E-state index in [1.54, 1.807) is 14.2 Å². The fraction of sp³-hybridized carbons (Fsp3) is 0.364. The molecule has 0 radical (unpaired) electrons. The van der Waals surface area contributed by atoms with Gasteiger partial charge in [0.25, 0.3) is 0 Å². The molecule has 1 heterocycles. The Bertz CT molecular complexity index is 852. The van der Waals surface area contributed by atoms with Crippen LogP contribution in [-0.2, 0) is 11.2 Å². The Morgan fingerprint density at radius 1 is 1.18 bits per heavy atom. The van der Waals surface area contributed by atoms with Crippen LogP contribution in [0.15, 0.2) is 51.9 Å². The van der Waals surface area contributed by atoms with Crippen LogP contribution in [0.2, 0.25) is 0 Å². The highest BCUT2D eigenvalue weighted by molar-refractivity contribution is 9.10. The summed E-state index contributed by atoms with van der Waals surface area (Å²) in [6.45, 7) is 0.171. The van der Waals surface area contributed by atoms with Crippen LogP contribution >= 0.6 is 15.9 Å². The second kappa shape index (κ2) is 9.73. The Kier molecular flexibility index (Phi) is 7.09. The molecule has 6 heteroatoms. The Labute approximate surface area is 174 Å². The first-order valence-corrected chi connectivity index (χ1v) is 10.2. The Morgan fingerprint density at radius 2 is 1.89 bits per heavy atom. The molecular formula is C22H25BrN2O3. The smallest absolute Gasteiger partial charge is 0.161 e. The molecule has 0 aliphatic carbocycles. The van der Waals surface area contributed by atoms with Crippen LogP contribution in [0.5, 0.6) is 11.5 Å². The van der Waals surface area contributed by atoms with E-state index in [1.165, 1.54) is 5.56 Å². The summed E-state index contributed by atoms with van der Waals surface area (Å²) in [5, 5.41) is 3.49. The number of piperidine rings is 1. The summed E-state index contributed by atoms with van der Waals surface area (Å²) in [6, 6.07) is 14.3. The van der Waals surface area contributed by atoms with Gasteiger partial charge < -0.3 is 14.8 Å². The molecule has 5 nitrogen and oxygen atoms in total. The van der Waals surface area contributed by atoms with E-state index >= 15 is 0 Å². The number of Topliss-reactive ketones (excluding diaryl/α,β-unsaturated/α-hetero) is 1. The number of carbonyl (C=O) groups excluding carboxylic acids is 1. The van der Waals surface area contributed by atoms with Gasteiger partial charge in [-0.25, -0.2) is 0 Å². The lowest BCUT2D eigenvalue weighted by atomic mass is 9.97. The number of nitrogens with zero attached hydrogens (tertiary/aromatic N) is 1. The van der Waals surface area contributed by atoms with E-state index < -0.39 is 0 Å². The Morgan fingerprint density at radius 3 is 2.61 bits per heavy atom. The molecule has 0 saturated carbocycles. The molecular weight excluding hydrogens is 420 g/mol. The van der Waals surface area contributed by atoms with Crippen molar-refractivity contribution in [3.8, 4) is 11.5 Å². The number of hydrogen-bond acceptors (Lipinski definition) is 4. The van der Waals surface area contributed by atoms with Gasteiger partial charge in [0.2, 0.25) is 0 Å². The first kappa shape index (κ1) is 20.4. The van der Waals surface area contributed by atoms with Crippen molar-refractivity contribution >= 4 is 27.5 Å². The average Bonchev–Trinajstić information content (AvgIpc) is 2.74. The normalized spacial score (nSPS) is 17.8. The topological polar surface area (TPSA) is 59.9 Å². The molecule has 1 aliphatic rings. The summed E-state index contributed by atoms with van der Waals surface area (Å²) in [7, 11) is 3.17. The number of aliphatic imine (C=N–C) groups is 1. The molecule has 0 bridgehead atoms. The minimum absolute atomic E-state index is 0.0593. The molecule has 148 valence electrons. The molecule has 0 amide bonds. The number of rotatable bonds is 7. The highest BCUT2D eigenvalue weighted by Crippen LogP contribution is 2.33. The van der Waals surface area contributed by atoms with Gasteiger partial charge in [0, 0.05) is 17.3 Å². The Balaban J connectivity index is 1.62. The fourth-order valence-corrected chi connectivity index (χ4v) is 3.83. The fourth-order valence-electron chi connectivity index (χ4n) is 3.36. The van der Waals surface area contributed by atoms with E-state index in [9.17, 15) is 4.79 Å². The average molecular weight is 445 g/mol. The predicted octanol–water partition coefficient (Wildman–Crippen LogP) is 4.49. The molecule has 0 spiro atoms. The minimum Gasteiger partial charge on any atom is -0.493 e. The van der Waals surface area contributed by atoms with Crippen molar-refractivity contribution in [3.05, 3.63) is 58.1 Å². The van der Waals surface area contributed by atoms with E-state index in [4.69, 9.17) is 9.47 Å². The number of benzene rings is 2. The van der Waals surface area contributed by atoms with E-state index in [2.05, 4.69) is 38.4 Å². The van der Waals surface area contributed by atoms with Crippen molar-refractivity contribution in [2.75, 3.05) is 20.8 Å². The second-order valence-corrected chi connectivity index (χ2v) is 7.63. The lowest BCUT2D eigenvalue weighted by Crippen LogP contribution is -2.33. The maximum absolute atomic E-state index is 12.5. The molecule has 2 aromatic rings. The summed E-state index contributed by atoms with van der Waals surface area (Å²) in [4.78, 5) is 17.0. The molecule has 1 atom stereocenters. The number of halogens is 1. The van der Waals surface area contributed by atoms with Gasteiger partial charge in [0.1, 0.15) is 0 Å². The zero-order chi connectivity index (χ0) is 19.9. The van der Waals surface area contributed by atoms with E-state index in [1.807, 2.05) is 30.3 Å². The molecule has 1 fully saturated rings. The van der Waals surface area contributed by atoms with Crippen molar-refractivity contribution in [2.24, 2.45) is 4.99 Å². The van der Waals surface area contributed by atoms with Gasteiger partial charge in [-0.05, 0) is 36.1 Å². The number of carbonyl (C=O) groups is 1. The number of hydrogen-bond donors (Lipinski definition) is 1. The van der Waals surface area contributed by atoms with Gasteiger partial charge in [0.15, 0.2) is 17.3 Å². The van der Waals surface area contributed by atoms with E-state index in [0.717, 1.165) is 35.1 Å². The number of methoxy groups -OCH3 is 2. The van der Waals surface area contributed by atoms with Gasteiger partial charge in [-0.1, -0.05) is 46.3 Å². The zero-order valence-electron chi connectivity index (χ0n) is 16.2. The van der Waals surface area contributed by atoms with Gasteiger partial charge in [-0.2, -0.15) is 0 Å². The predicted molar refractivity (Wildman–Crippen MR) is 114 cm³/mol. The van der Waals surface area contributed by atoms with Gasteiger partial charge in [-0.15, -0.1) is 0 Å². The zero-order valence-corrected chi connectivity index (χ0v) is 17.8. The van der Waals surface area contributed by atoms with Crippen LogP contribution in [0.25, 0.3) is 0 Å². The summed E-state index contributed by atoms with van der Waals surface area (Å²) < 4.78 is 11.4. The van der Waals surface area contributed by atoms with E-state index in [0.29, 0.717) is 17.9 Å². The lowest BCUT2D eigenvalue weighted by molar-refractivity contribution is -0.117. The second-order valence-electron chi connectivity index (χ2n) is 6.78. The standard InChI is InChI=1S/C22H25BrN2O3/c1-27-20-12-16(18(23)13-21(20)28-2)11-17(26)14-24-22-10-6-9-19(25-22)15-7-4-3-5-8-15/h3-5,7-8,12-13,19H,6,9-11,14H2,1-2H3,(H,24,25). The van der Waals surface area contributed by atoms with Crippen molar-refractivity contribution in [1.82, 2.24) is 5.32 Å². The summed E-state index contributed by atoms with van der Waals surface area (Å²) in [5.41, 5.74) is 2.12. The van der Waals surface area contributed by atoms with Crippen LogP contribution in [0.1, 0.15) is 36.4 Å². The van der Waals surface area contributed by atoms with Crippen LogP contribution < -0.4 is 14.8 Å². The first-order valence-electron chi connectivity index (χ1n) is 9.37. The molecule has 2 aromatic carbocycles. The first-order chi connectivity index (χ1) is 13.6. The maximum Gasteiger partial charge on any atom is 0.161 e. The van der Waals surface area contributed by atoms with Crippen LogP contribution in [0.3, 0.4) is 0 Å². The lowest BCUT2D eigenvalue weighted by Gasteiger charge is -2.26. The molecule has 1 unspecified atom stereocenters.